The highest BCUT2D eigenvalue weighted by Gasteiger charge is 2.36. The number of carboxylic acid groups (broad SMARTS) is 1. The summed E-state index contributed by atoms with van der Waals surface area (Å²) >= 11 is 11.7. The number of halogens is 2. The number of carboxylic acids is 1. The quantitative estimate of drug-likeness (QED) is 0.624. The molecule has 2 heterocycles. The molecule has 2 rings (SSSR count). The van der Waals surface area contributed by atoms with Gasteiger partial charge in [-0.15, -0.1) is 0 Å². The van der Waals surface area contributed by atoms with Gasteiger partial charge in [-0.05, 0) is 32.4 Å². The Hall–Kier alpha value is -1.64. The maximum absolute atomic E-state index is 12.2. The number of carbonyl (C=O) groups excluding carboxylic acids is 1. The van der Waals surface area contributed by atoms with Gasteiger partial charge in [-0.3, -0.25) is 9.69 Å². The lowest BCUT2D eigenvalue weighted by atomic mass is 10.1. The number of nitrogens with zero attached hydrogens (tertiary/aromatic N) is 4. The number of hydrogen-bond donors (Lipinski definition) is 1. The van der Waals surface area contributed by atoms with Crippen LogP contribution < -0.4 is 0 Å². The second-order valence-corrected chi connectivity index (χ2v) is 7.40. The molecule has 1 atom stereocenters. The number of amides is 1. The van der Waals surface area contributed by atoms with E-state index in [4.69, 9.17) is 27.9 Å². The summed E-state index contributed by atoms with van der Waals surface area (Å²) in [5, 5.41) is 9.73. The fraction of sp³-hybridized carbons (Fsp3) is 0.600. The van der Waals surface area contributed by atoms with Crippen molar-refractivity contribution in [1.82, 2.24) is 19.8 Å². The molecule has 0 spiro atoms. The monoisotopic (exact) mass is 390 g/mol. The van der Waals surface area contributed by atoms with Crippen LogP contribution in [0.5, 0.6) is 0 Å². The molecule has 138 valence electrons. The second kappa shape index (κ2) is 7.72. The van der Waals surface area contributed by atoms with Crippen molar-refractivity contribution >= 4 is 35.3 Å². The summed E-state index contributed by atoms with van der Waals surface area (Å²) < 4.78 is 5.31. The summed E-state index contributed by atoms with van der Waals surface area (Å²) in [6.45, 7) is 6.26. The molecule has 0 radical (unpaired) electrons. The number of aromatic nitrogens is 2. The zero-order valence-corrected chi connectivity index (χ0v) is 15.7. The Labute approximate surface area is 155 Å². The van der Waals surface area contributed by atoms with Crippen molar-refractivity contribution in [2.75, 3.05) is 19.6 Å². The summed E-state index contributed by atoms with van der Waals surface area (Å²) in [5.74, 6) is -1.03. The van der Waals surface area contributed by atoms with E-state index < -0.39 is 23.7 Å². The number of rotatable bonds is 3. The van der Waals surface area contributed by atoms with Crippen molar-refractivity contribution in [2.45, 2.75) is 39.0 Å². The minimum absolute atomic E-state index is 0.0241. The third kappa shape index (κ3) is 5.42. The van der Waals surface area contributed by atoms with Crippen LogP contribution in [0.25, 0.3) is 0 Å². The van der Waals surface area contributed by atoms with Gasteiger partial charge in [-0.1, -0.05) is 11.6 Å². The lowest BCUT2D eigenvalue weighted by Gasteiger charge is -2.39. The fourth-order valence-corrected chi connectivity index (χ4v) is 2.79. The van der Waals surface area contributed by atoms with E-state index in [0.29, 0.717) is 18.7 Å². The minimum atomic E-state index is -1.03. The standard InChI is InChI=1S/C15H20Cl2N4O4/c1-15(2,3)25-14(24)21-5-4-20(10(8-21)12(22)23)7-9-6-18-13(17)19-11(9)16/h6,10H,4-5,7-8H2,1-3H3,(H,22,23). The van der Waals surface area contributed by atoms with Gasteiger partial charge in [-0.25, -0.2) is 14.8 Å². The molecule has 25 heavy (non-hydrogen) atoms. The van der Waals surface area contributed by atoms with Gasteiger partial charge < -0.3 is 14.7 Å². The highest BCUT2D eigenvalue weighted by Crippen LogP contribution is 2.21. The molecule has 0 bridgehead atoms. The van der Waals surface area contributed by atoms with Gasteiger partial charge in [0.1, 0.15) is 16.8 Å². The summed E-state index contributed by atoms with van der Waals surface area (Å²) in [6.07, 6.45) is 0.947. The van der Waals surface area contributed by atoms with E-state index in [0.717, 1.165) is 0 Å². The molecule has 1 amide bonds. The Kier molecular flexibility index (Phi) is 6.08. The molecule has 1 saturated heterocycles. The minimum Gasteiger partial charge on any atom is -0.480 e. The summed E-state index contributed by atoms with van der Waals surface area (Å²) in [5.41, 5.74) is -0.0655. The number of piperazine rings is 1. The first-order valence-electron chi connectivity index (χ1n) is 7.68. The molecule has 1 fully saturated rings. The van der Waals surface area contributed by atoms with Crippen molar-refractivity contribution in [2.24, 2.45) is 0 Å². The largest absolute Gasteiger partial charge is 0.480 e. The number of ether oxygens (including phenoxy) is 1. The van der Waals surface area contributed by atoms with E-state index in [1.807, 2.05) is 0 Å². The molecule has 8 nitrogen and oxygen atoms in total. The predicted molar refractivity (Wildman–Crippen MR) is 91.7 cm³/mol. The van der Waals surface area contributed by atoms with Crippen LogP contribution in [0.1, 0.15) is 26.3 Å². The smallest absolute Gasteiger partial charge is 0.410 e. The zero-order chi connectivity index (χ0) is 18.8. The van der Waals surface area contributed by atoms with Crippen LogP contribution in [-0.2, 0) is 16.1 Å². The first kappa shape index (κ1) is 19.7. The molecule has 1 aromatic rings. The molecule has 1 aliphatic heterocycles. The van der Waals surface area contributed by atoms with Crippen LogP contribution in [-0.4, -0.2) is 68.2 Å². The highest BCUT2D eigenvalue weighted by atomic mass is 35.5. The van der Waals surface area contributed by atoms with Crippen LogP contribution in [0, 0.1) is 0 Å². The molecular weight excluding hydrogens is 371 g/mol. The number of carbonyl (C=O) groups is 2. The first-order valence-corrected chi connectivity index (χ1v) is 8.44. The normalized spacial score (nSPS) is 18.9. The Bertz CT molecular complexity index is 665. The maximum Gasteiger partial charge on any atom is 0.410 e. The van der Waals surface area contributed by atoms with Gasteiger partial charge in [0.25, 0.3) is 0 Å². The van der Waals surface area contributed by atoms with Gasteiger partial charge in [0.2, 0.25) is 5.28 Å². The highest BCUT2D eigenvalue weighted by molar-refractivity contribution is 6.32. The fourth-order valence-electron chi connectivity index (χ4n) is 2.43. The van der Waals surface area contributed by atoms with Crippen LogP contribution in [0.3, 0.4) is 0 Å². The van der Waals surface area contributed by atoms with E-state index >= 15 is 0 Å². The van der Waals surface area contributed by atoms with Gasteiger partial charge in [0, 0.05) is 31.4 Å². The first-order chi connectivity index (χ1) is 11.6. The lowest BCUT2D eigenvalue weighted by molar-refractivity contribution is -0.145. The van der Waals surface area contributed by atoms with Crippen LogP contribution in [0.2, 0.25) is 10.4 Å². The molecule has 10 heteroatoms. The van der Waals surface area contributed by atoms with Crippen molar-refractivity contribution < 1.29 is 19.4 Å². The molecule has 1 aromatic heterocycles. The van der Waals surface area contributed by atoms with Crippen LogP contribution >= 0.6 is 23.2 Å². The Morgan fingerprint density at radius 2 is 2.04 bits per heavy atom. The van der Waals surface area contributed by atoms with Crippen molar-refractivity contribution in [3.63, 3.8) is 0 Å². The Morgan fingerprint density at radius 3 is 2.60 bits per heavy atom. The van der Waals surface area contributed by atoms with Gasteiger partial charge in [0.05, 0.1) is 6.54 Å². The third-order valence-corrected chi connectivity index (χ3v) is 4.09. The van der Waals surface area contributed by atoms with E-state index in [-0.39, 0.29) is 23.5 Å². The molecule has 0 aliphatic carbocycles. The Balaban J connectivity index is 2.09. The number of aliphatic carboxylic acids is 1. The third-order valence-electron chi connectivity index (χ3n) is 3.58. The summed E-state index contributed by atoms with van der Waals surface area (Å²) in [6, 6.07) is -0.881. The average molecular weight is 391 g/mol. The molecule has 1 unspecified atom stereocenters. The van der Waals surface area contributed by atoms with E-state index in [9.17, 15) is 14.7 Å². The van der Waals surface area contributed by atoms with Gasteiger partial charge in [-0.2, -0.15) is 0 Å². The lowest BCUT2D eigenvalue weighted by Crippen LogP contribution is -2.57. The second-order valence-electron chi connectivity index (χ2n) is 6.71. The predicted octanol–water partition coefficient (Wildman–Crippen LogP) is 2.29. The van der Waals surface area contributed by atoms with E-state index in [1.54, 1.807) is 25.7 Å². The van der Waals surface area contributed by atoms with Crippen LogP contribution in [0.15, 0.2) is 6.20 Å². The molecule has 0 aromatic carbocycles. The Morgan fingerprint density at radius 1 is 1.36 bits per heavy atom. The molecular formula is C15H20Cl2N4O4. The summed E-state index contributed by atoms with van der Waals surface area (Å²) in [4.78, 5) is 34.7. The van der Waals surface area contributed by atoms with E-state index in [2.05, 4.69) is 9.97 Å². The molecule has 0 saturated carbocycles. The van der Waals surface area contributed by atoms with Crippen molar-refractivity contribution in [1.29, 1.82) is 0 Å². The van der Waals surface area contributed by atoms with Crippen molar-refractivity contribution in [3.05, 3.63) is 22.2 Å². The molecule has 1 N–H and O–H groups in total. The topological polar surface area (TPSA) is 95.9 Å². The van der Waals surface area contributed by atoms with Crippen molar-refractivity contribution in [3.8, 4) is 0 Å². The number of hydrogen-bond acceptors (Lipinski definition) is 6. The maximum atomic E-state index is 12.2. The van der Waals surface area contributed by atoms with Gasteiger partial charge >= 0.3 is 12.1 Å². The average Bonchev–Trinajstić information content (AvgIpc) is 2.48. The zero-order valence-electron chi connectivity index (χ0n) is 14.2. The van der Waals surface area contributed by atoms with Crippen LogP contribution in [0.4, 0.5) is 4.79 Å². The van der Waals surface area contributed by atoms with E-state index in [1.165, 1.54) is 11.1 Å². The van der Waals surface area contributed by atoms with Gasteiger partial charge in [0.15, 0.2) is 0 Å². The summed E-state index contributed by atoms with van der Waals surface area (Å²) in [7, 11) is 0. The SMILES string of the molecule is CC(C)(C)OC(=O)N1CCN(Cc2cnc(Cl)nc2Cl)C(C(=O)O)C1. The molecule has 1 aliphatic rings.